The molecule has 0 atom stereocenters. The van der Waals surface area contributed by atoms with Crippen molar-refractivity contribution in [3.8, 4) is 11.5 Å². The maximum absolute atomic E-state index is 12.6. The molecular formula is C15H19ClN2O3. The predicted molar refractivity (Wildman–Crippen MR) is 80.5 cm³/mol. The third kappa shape index (κ3) is 3.09. The Morgan fingerprint density at radius 2 is 1.95 bits per heavy atom. The number of benzene rings is 1. The van der Waals surface area contributed by atoms with Gasteiger partial charge in [-0.25, -0.2) is 0 Å². The second kappa shape index (κ2) is 6.12. The van der Waals surface area contributed by atoms with Crippen LogP contribution in [0.15, 0.2) is 12.1 Å². The van der Waals surface area contributed by atoms with Crippen LogP contribution in [0.25, 0.3) is 0 Å². The summed E-state index contributed by atoms with van der Waals surface area (Å²) >= 11 is 6.20. The van der Waals surface area contributed by atoms with E-state index in [1.165, 1.54) is 0 Å². The standard InChI is InChI=1S/C15H19ClN2O3/c1-17-3-2-4-18(6-5-17)15(19)11-9-12(16)14-13(10-11)20-7-8-21-14/h9-10H,2-8H2,1H3. The Balaban J connectivity index is 1.82. The van der Waals surface area contributed by atoms with Crippen molar-refractivity contribution in [3.63, 3.8) is 0 Å². The van der Waals surface area contributed by atoms with Gasteiger partial charge in [0.25, 0.3) is 5.91 Å². The molecular weight excluding hydrogens is 292 g/mol. The minimum absolute atomic E-state index is 0.00386. The number of nitrogens with zero attached hydrogens (tertiary/aromatic N) is 2. The van der Waals surface area contributed by atoms with Gasteiger partial charge in [0.1, 0.15) is 13.2 Å². The molecule has 2 aliphatic rings. The minimum atomic E-state index is 0.00386. The minimum Gasteiger partial charge on any atom is -0.486 e. The third-order valence-electron chi connectivity index (χ3n) is 3.85. The Labute approximate surface area is 129 Å². The number of ether oxygens (including phenoxy) is 2. The number of carbonyl (C=O) groups is 1. The molecule has 2 heterocycles. The van der Waals surface area contributed by atoms with Gasteiger partial charge in [-0.3, -0.25) is 4.79 Å². The fourth-order valence-corrected chi connectivity index (χ4v) is 2.93. The monoisotopic (exact) mass is 310 g/mol. The molecule has 1 amide bonds. The molecule has 0 spiro atoms. The lowest BCUT2D eigenvalue weighted by Gasteiger charge is -2.23. The molecule has 0 saturated carbocycles. The molecule has 0 aliphatic carbocycles. The highest BCUT2D eigenvalue weighted by Gasteiger charge is 2.23. The normalized spacial score (nSPS) is 19.2. The summed E-state index contributed by atoms with van der Waals surface area (Å²) in [7, 11) is 2.08. The average molecular weight is 311 g/mol. The highest BCUT2D eigenvalue weighted by Crippen LogP contribution is 2.38. The Morgan fingerprint density at radius 1 is 1.14 bits per heavy atom. The van der Waals surface area contributed by atoms with E-state index in [4.69, 9.17) is 21.1 Å². The van der Waals surface area contributed by atoms with Crippen LogP contribution in [0.3, 0.4) is 0 Å². The largest absolute Gasteiger partial charge is 0.486 e. The lowest BCUT2D eigenvalue weighted by Crippen LogP contribution is -2.34. The summed E-state index contributed by atoms with van der Waals surface area (Å²) in [6, 6.07) is 3.41. The number of carbonyl (C=O) groups excluding carboxylic acids is 1. The van der Waals surface area contributed by atoms with Crippen LogP contribution in [0.2, 0.25) is 5.02 Å². The highest BCUT2D eigenvalue weighted by molar-refractivity contribution is 6.32. The Bertz CT molecular complexity index is 550. The van der Waals surface area contributed by atoms with Crippen molar-refractivity contribution >= 4 is 17.5 Å². The van der Waals surface area contributed by atoms with Gasteiger partial charge in [0.15, 0.2) is 11.5 Å². The number of halogens is 1. The van der Waals surface area contributed by atoms with E-state index in [9.17, 15) is 4.79 Å². The quantitative estimate of drug-likeness (QED) is 0.794. The molecule has 21 heavy (non-hydrogen) atoms. The van der Waals surface area contributed by atoms with Crippen molar-refractivity contribution in [1.82, 2.24) is 9.80 Å². The molecule has 6 heteroatoms. The third-order valence-corrected chi connectivity index (χ3v) is 4.13. The van der Waals surface area contributed by atoms with Crippen molar-refractivity contribution in [2.24, 2.45) is 0 Å². The van der Waals surface area contributed by atoms with Crippen molar-refractivity contribution in [3.05, 3.63) is 22.7 Å². The van der Waals surface area contributed by atoms with Crippen molar-refractivity contribution in [2.75, 3.05) is 46.4 Å². The van der Waals surface area contributed by atoms with Crippen LogP contribution in [-0.2, 0) is 0 Å². The van der Waals surface area contributed by atoms with E-state index < -0.39 is 0 Å². The lowest BCUT2D eigenvalue weighted by molar-refractivity contribution is 0.0761. The first-order valence-electron chi connectivity index (χ1n) is 7.22. The van der Waals surface area contributed by atoms with Crippen molar-refractivity contribution in [1.29, 1.82) is 0 Å². The van der Waals surface area contributed by atoms with E-state index in [1.54, 1.807) is 12.1 Å². The molecule has 3 rings (SSSR count). The van der Waals surface area contributed by atoms with Crippen molar-refractivity contribution < 1.29 is 14.3 Å². The number of rotatable bonds is 1. The summed E-state index contributed by atoms with van der Waals surface area (Å²) in [6.45, 7) is 4.39. The fraction of sp³-hybridized carbons (Fsp3) is 0.533. The second-order valence-electron chi connectivity index (χ2n) is 5.43. The van der Waals surface area contributed by atoms with Crippen LogP contribution < -0.4 is 9.47 Å². The van der Waals surface area contributed by atoms with E-state index in [2.05, 4.69) is 11.9 Å². The van der Waals surface area contributed by atoms with Gasteiger partial charge in [-0.2, -0.15) is 0 Å². The zero-order valence-corrected chi connectivity index (χ0v) is 12.9. The zero-order chi connectivity index (χ0) is 14.8. The summed E-state index contributed by atoms with van der Waals surface area (Å²) in [5.41, 5.74) is 0.564. The van der Waals surface area contributed by atoms with Crippen LogP contribution in [0.5, 0.6) is 11.5 Å². The topological polar surface area (TPSA) is 42.0 Å². The van der Waals surface area contributed by atoms with Crippen LogP contribution >= 0.6 is 11.6 Å². The van der Waals surface area contributed by atoms with E-state index in [0.29, 0.717) is 35.3 Å². The van der Waals surface area contributed by atoms with Gasteiger partial charge in [0.2, 0.25) is 0 Å². The molecule has 0 N–H and O–H groups in total. The first-order chi connectivity index (χ1) is 10.1. The van der Waals surface area contributed by atoms with Gasteiger partial charge in [0.05, 0.1) is 5.02 Å². The molecule has 2 aliphatic heterocycles. The van der Waals surface area contributed by atoms with Gasteiger partial charge in [-0.15, -0.1) is 0 Å². The first kappa shape index (κ1) is 14.5. The van der Waals surface area contributed by atoms with Crippen LogP contribution in [0, 0.1) is 0 Å². The summed E-state index contributed by atoms with van der Waals surface area (Å²) in [6.07, 6.45) is 0.987. The van der Waals surface area contributed by atoms with Gasteiger partial charge in [0, 0.05) is 25.2 Å². The Hall–Kier alpha value is -1.46. The van der Waals surface area contributed by atoms with E-state index in [1.807, 2.05) is 4.90 Å². The maximum atomic E-state index is 12.6. The SMILES string of the molecule is CN1CCCN(C(=O)c2cc(Cl)c3c(c2)OCCO3)CC1. The van der Waals surface area contributed by atoms with Crippen LogP contribution in [-0.4, -0.2) is 62.1 Å². The number of likely N-dealkylation sites (N-methyl/N-ethyl adjacent to an activating group) is 1. The molecule has 1 saturated heterocycles. The smallest absolute Gasteiger partial charge is 0.254 e. The molecule has 0 bridgehead atoms. The molecule has 114 valence electrons. The number of hydrogen-bond acceptors (Lipinski definition) is 4. The fourth-order valence-electron chi connectivity index (χ4n) is 2.67. The van der Waals surface area contributed by atoms with E-state index >= 15 is 0 Å². The molecule has 0 radical (unpaired) electrons. The number of amides is 1. The maximum Gasteiger partial charge on any atom is 0.254 e. The molecule has 1 aromatic carbocycles. The van der Waals surface area contributed by atoms with Crippen molar-refractivity contribution in [2.45, 2.75) is 6.42 Å². The molecule has 0 unspecified atom stereocenters. The molecule has 5 nitrogen and oxygen atoms in total. The Morgan fingerprint density at radius 3 is 2.81 bits per heavy atom. The number of fused-ring (bicyclic) bond motifs is 1. The molecule has 1 fully saturated rings. The van der Waals surface area contributed by atoms with Crippen LogP contribution in [0.1, 0.15) is 16.8 Å². The van der Waals surface area contributed by atoms with Gasteiger partial charge in [-0.1, -0.05) is 11.6 Å². The highest BCUT2D eigenvalue weighted by atomic mass is 35.5. The average Bonchev–Trinajstić information content (AvgIpc) is 2.71. The Kier molecular flexibility index (Phi) is 4.22. The van der Waals surface area contributed by atoms with E-state index in [0.717, 1.165) is 32.6 Å². The molecule has 1 aromatic rings. The van der Waals surface area contributed by atoms with Gasteiger partial charge < -0.3 is 19.3 Å². The number of hydrogen-bond donors (Lipinski definition) is 0. The zero-order valence-electron chi connectivity index (χ0n) is 12.1. The van der Waals surface area contributed by atoms with Gasteiger partial charge >= 0.3 is 0 Å². The summed E-state index contributed by atoms with van der Waals surface area (Å²) in [5, 5.41) is 0.433. The van der Waals surface area contributed by atoms with E-state index in [-0.39, 0.29) is 5.91 Å². The van der Waals surface area contributed by atoms with Gasteiger partial charge in [-0.05, 0) is 32.1 Å². The van der Waals surface area contributed by atoms with Crippen LogP contribution in [0.4, 0.5) is 0 Å². The summed E-state index contributed by atoms with van der Waals surface area (Å²) in [4.78, 5) is 16.8. The molecule has 0 aromatic heterocycles. The predicted octanol–water partition coefficient (Wildman–Crippen LogP) is 1.89. The summed E-state index contributed by atoms with van der Waals surface area (Å²) in [5.74, 6) is 1.10. The summed E-state index contributed by atoms with van der Waals surface area (Å²) < 4.78 is 11.0. The second-order valence-corrected chi connectivity index (χ2v) is 5.84. The first-order valence-corrected chi connectivity index (χ1v) is 7.60. The lowest BCUT2D eigenvalue weighted by atomic mass is 10.1.